The number of fused-ring (bicyclic) bond motifs is 1. The van der Waals surface area contributed by atoms with Crippen LogP contribution < -0.4 is 15.4 Å². The van der Waals surface area contributed by atoms with Gasteiger partial charge in [0, 0.05) is 17.8 Å². The van der Waals surface area contributed by atoms with Crippen molar-refractivity contribution in [1.82, 2.24) is 0 Å². The average Bonchev–Trinajstić information content (AvgIpc) is 2.95. The first-order valence-corrected chi connectivity index (χ1v) is 6.58. The van der Waals surface area contributed by atoms with Gasteiger partial charge in [-0.2, -0.15) is 5.26 Å². The van der Waals surface area contributed by atoms with Crippen LogP contribution in [-0.4, -0.2) is 12.6 Å². The van der Waals surface area contributed by atoms with E-state index in [1.54, 1.807) is 30.3 Å². The molecule has 0 spiro atoms. The molecule has 2 amide bonds. The Balaban J connectivity index is 1.67. The summed E-state index contributed by atoms with van der Waals surface area (Å²) in [5, 5.41) is 14.3. The zero-order chi connectivity index (χ0) is 14.7. The highest BCUT2D eigenvalue weighted by molar-refractivity contribution is 5.99. The highest BCUT2D eigenvalue weighted by Crippen LogP contribution is 2.27. The summed E-state index contributed by atoms with van der Waals surface area (Å²) >= 11 is 0. The van der Waals surface area contributed by atoms with E-state index in [-0.39, 0.29) is 6.03 Å². The van der Waals surface area contributed by atoms with Crippen molar-refractivity contribution < 1.29 is 9.53 Å². The predicted octanol–water partition coefficient (Wildman–Crippen LogP) is 3.14. The predicted molar refractivity (Wildman–Crippen MR) is 79.4 cm³/mol. The molecule has 0 saturated heterocycles. The van der Waals surface area contributed by atoms with E-state index in [1.165, 1.54) is 0 Å². The van der Waals surface area contributed by atoms with Gasteiger partial charge in [-0.25, -0.2) is 4.79 Å². The number of carbonyl (C=O) groups is 1. The minimum absolute atomic E-state index is 0.344. The Morgan fingerprint density at radius 1 is 1.14 bits per heavy atom. The first kappa shape index (κ1) is 13.0. The lowest BCUT2D eigenvalue weighted by molar-refractivity contribution is 0.262. The first-order chi connectivity index (χ1) is 10.2. The van der Waals surface area contributed by atoms with Gasteiger partial charge in [-0.1, -0.05) is 6.07 Å². The third-order valence-electron chi connectivity index (χ3n) is 3.20. The Labute approximate surface area is 122 Å². The van der Waals surface area contributed by atoms with Crippen molar-refractivity contribution in [2.24, 2.45) is 0 Å². The van der Waals surface area contributed by atoms with Crippen LogP contribution in [0.4, 0.5) is 16.2 Å². The number of nitrogens with one attached hydrogen (secondary N) is 2. The topological polar surface area (TPSA) is 74.2 Å². The Hall–Kier alpha value is -3.00. The number of benzene rings is 2. The molecule has 2 aromatic carbocycles. The molecular weight excluding hydrogens is 266 g/mol. The molecule has 0 aromatic heterocycles. The van der Waals surface area contributed by atoms with Gasteiger partial charge in [0.1, 0.15) is 5.75 Å². The number of ether oxygens (including phenoxy) is 1. The van der Waals surface area contributed by atoms with Gasteiger partial charge in [0.25, 0.3) is 0 Å². The van der Waals surface area contributed by atoms with Gasteiger partial charge < -0.3 is 15.4 Å². The van der Waals surface area contributed by atoms with Crippen molar-refractivity contribution in [3.05, 3.63) is 53.6 Å². The molecular formula is C16H13N3O2. The smallest absolute Gasteiger partial charge is 0.323 e. The van der Waals surface area contributed by atoms with Gasteiger partial charge in [0.15, 0.2) is 0 Å². The first-order valence-electron chi connectivity index (χ1n) is 6.58. The monoisotopic (exact) mass is 279 g/mol. The quantitative estimate of drug-likeness (QED) is 0.886. The highest BCUT2D eigenvalue weighted by atomic mass is 16.5. The summed E-state index contributed by atoms with van der Waals surface area (Å²) in [4.78, 5) is 11.9. The van der Waals surface area contributed by atoms with Gasteiger partial charge >= 0.3 is 6.03 Å². The minimum atomic E-state index is -0.344. The standard InChI is InChI=1S/C16H13N3O2/c17-10-11-2-1-3-13(8-11)18-16(20)19-14-4-5-15-12(9-14)6-7-21-15/h1-5,8-9H,6-7H2,(H2,18,19,20). The Morgan fingerprint density at radius 2 is 1.95 bits per heavy atom. The molecule has 2 N–H and O–H groups in total. The number of nitrogens with zero attached hydrogens (tertiary/aromatic N) is 1. The molecule has 1 aliphatic heterocycles. The van der Waals surface area contributed by atoms with Crippen LogP contribution in [0.5, 0.6) is 5.75 Å². The number of hydrogen-bond donors (Lipinski definition) is 2. The van der Waals surface area contributed by atoms with E-state index in [0.29, 0.717) is 23.5 Å². The van der Waals surface area contributed by atoms with E-state index in [0.717, 1.165) is 17.7 Å². The third kappa shape index (κ3) is 2.95. The summed E-state index contributed by atoms with van der Waals surface area (Å²) < 4.78 is 5.42. The number of hydrogen-bond acceptors (Lipinski definition) is 3. The van der Waals surface area contributed by atoms with Crippen LogP contribution in [0.25, 0.3) is 0 Å². The Kier molecular flexibility index (Phi) is 3.44. The minimum Gasteiger partial charge on any atom is -0.493 e. The second-order valence-electron chi connectivity index (χ2n) is 4.69. The molecule has 2 aromatic rings. The zero-order valence-corrected chi connectivity index (χ0v) is 11.2. The van der Waals surface area contributed by atoms with Gasteiger partial charge in [0.2, 0.25) is 0 Å². The SMILES string of the molecule is N#Cc1cccc(NC(=O)Nc2ccc3c(c2)CCO3)c1. The lowest BCUT2D eigenvalue weighted by Gasteiger charge is -2.09. The largest absolute Gasteiger partial charge is 0.493 e. The van der Waals surface area contributed by atoms with Crippen molar-refractivity contribution in [1.29, 1.82) is 5.26 Å². The summed E-state index contributed by atoms with van der Waals surface area (Å²) in [5.74, 6) is 0.877. The number of amides is 2. The molecule has 0 saturated carbocycles. The number of rotatable bonds is 2. The molecule has 5 heteroatoms. The second kappa shape index (κ2) is 5.55. The molecule has 104 valence electrons. The Bertz CT molecular complexity index is 735. The summed E-state index contributed by atoms with van der Waals surface area (Å²) in [7, 11) is 0. The number of urea groups is 1. The van der Waals surface area contributed by atoms with Crippen molar-refractivity contribution in [3.63, 3.8) is 0 Å². The lowest BCUT2D eigenvalue weighted by Crippen LogP contribution is -2.19. The Morgan fingerprint density at radius 3 is 2.76 bits per heavy atom. The van der Waals surface area contributed by atoms with Crippen LogP contribution in [0, 0.1) is 11.3 Å². The van der Waals surface area contributed by atoms with Gasteiger partial charge in [-0.15, -0.1) is 0 Å². The highest BCUT2D eigenvalue weighted by Gasteiger charge is 2.12. The maximum Gasteiger partial charge on any atom is 0.323 e. The lowest BCUT2D eigenvalue weighted by atomic mass is 10.1. The van der Waals surface area contributed by atoms with Crippen LogP contribution in [0.15, 0.2) is 42.5 Å². The molecule has 3 rings (SSSR count). The molecule has 0 atom stereocenters. The molecule has 21 heavy (non-hydrogen) atoms. The van der Waals surface area contributed by atoms with E-state index < -0.39 is 0 Å². The van der Waals surface area contributed by atoms with E-state index in [4.69, 9.17) is 10.00 Å². The van der Waals surface area contributed by atoms with Crippen LogP contribution in [0.2, 0.25) is 0 Å². The average molecular weight is 279 g/mol. The molecule has 0 radical (unpaired) electrons. The second-order valence-corrected chi connectivity index (χ2v) is 4.69. The van der Waals surface area contributed by atoms with Crippen molar-refractivity contribution in [3.8, 4) is 11.8 Å². The molecule has 1 aliphatic rings. The zero-order valence-electron chi connectivity index (χ0n) is 11.2. The van der Waals surface area contributed by atoms with Crippen LogP contribution in [0.3, 0.4) is 0 Å². The summed E-state index contributed by atoms with van der Waals surface area (Å²) in [6.07, 6.45) is 0.858. The van der Waals surface area contributed by atoms with E-state index in [9.17, 15) is 4.79 Å². The van der Waals surface area contributed by atoms with E-state index in [2.05, 4.69) is 10.6 Å². The fraction of sp³-hybridized carbons (Fsp3) is 0.125. The van der Waals surface area contributed by atoms with Gasteiger partial charge in [0.05, 0.1) is 18.2 Å². The van der Waals surface area contributed by atoms with Crippen LogP contribution >= 0.6 is 0 Å². The van der Waals surface area contributed by atoms with E-state index >= 15 is 0 Å². The molecule has 1 heterocycles. The molecule has 5 nitrogen and oxygen atoms in total. The molecule has 0 aliphatic carbocycles. The summed E-state index contributed by atoms with van der Waals surface area (Å²) in [6, 6.07) is 14.0. The number of nitriles is 1. The summed E-state index contributed by atoms with van der Waals surface area (Å²) in [6.45, 7) is 0.686. The molecule has 0 bridgehead atoms. The fourth-order valence-corrected chi connectivity index (χ4v) is 2.22. The van der Waals surface area contributed by atoms with Gasteiger partial charge in [-0.05, 0) is 42.0 Å². The van der Waals surface area contributed by atoms with Crippen molar-refractivity contribution in [2.45, 2.75) is 6.42 Å². The van der Waals surface area contributed by atoms with Crippen molar-refractivity contribution in [2.75, 3.05) is 17.2 Å². The number of carbonyl (C=O) groups excluding carboxylic acids is 1. The normalized spacial score (nSPS) is 12.0. The number of anilines is 2. The van der Waals surface area contributed by atoms with Crippen molar-refractivity contribution >= 4 is 17.4 Å². The van der Waals surface area contributed by atoms with Gasteiger partial charge in [-0.3, -0.25) is 0 Å². The van der Waals surface area contributed by atoms with Crippen LogP contribution in [-0.2, 0) is 6.42 Å². The third-order valence-corrected chi connectivity index (χ3v) is 3.20. The maximum atomic E-state index is 11.9. The fourth-order valence-electron chi connectivity index (χ4n) is 2.22. The van der Waals surface area contributed by atoms with Crippen LogP contribution in [0.1, 0.15) is 11.1 Å². The summed E-state index contributed by atoms with van der Waals surface area (Å²) in [5.41, 5.74) is 2.89. The molecule has 0 fully saturated rings. The molecule has 0 unspecified atom stereocenters. The van der Waals surface area contributed by atoms with E-state index in [1.807, 2.05) is 18.2 Å². The maximum absolute atomic E-state index is 11.9.